The van der Waals surface area contributed by atoms with E-state index in [4.69, 9.17) is 9.40 Å². The van der Waals surface area contributed by atoms with Crippen LogP contribution in [0, 0.1) is 6.92 Å². The van der Waals surface area contributed by atoms with Crippen molar-refractivity contribution >= 4 is 21.2 Å². The molecule has 1 aliphatic rings. The van der Waals surface area contributed by atoms with Gasteiger partial charge >= 0.3 is 0 Å². The highest BCUT2D eigenvalue weighted by Crippen LogP contribution is 2.34. The lowest BCUT2D eigenvalue weighted by atomic mass is 10.2. The number of hydrogen-bond donors (Lipinski definition) is 0. The number of rotatable bonds is 4. The van der Waals surface area contributed by atoms with Crippen LogP contribution in [0.25, 0.3) is 22.6 Å². The van der Waals surface area contributed by atoms with E-state index in [9.17, 15) is 8.42 Å². The van der Waals surface area contributed by atoms with Crippen molar-refractivity contribution in [1.82, 2.24) is 18.8 Å². The van der Waals surface area contributed by atoms with Gasteiger partial charge in [-0.05, 0) is 43.7 Å². The Bertz CT molecular complexity index is 1260. The van der Waals surface area contributed by atoms with Crippen molar-refractivity contribution in [3.63, 3.8) is 0 Å². The molecule has 8 heteroatoms. The van der Waals surface area contributed by atoms with Crippen LogP contribution in [0.3, 0.4) is 0 Å². The molecule has 0 bridgehead atoms. The minimum atomic E-state index is -3.54. The number of imidazole rings is 1. The summed E-state index contributed by atoms with van der Waals surface area (Å²) in [6, 6.07) is 12.6. The monoisotopic (exact) mass is 408 g/mol. The Hall–Kier alpha value is -2.97. The van der Waals surface area contributed by atoms with Gasteiger partial charge in [-0.1, -0.05) is 17.7 Å². The quantitative estimate of drug-likeness (QED) is 0.515. The molecule has 1 atom stereocenters. The summed E-state index contributed by atoms with van der Waals surface area (Å²) in [5, 5.41) is 0. The Morgan fingerprint density at radius 2 is 1.97 bits per heavy atom. The number of nitrogens with zero attached hydrogens (tertiary/aromatic N) is 4. The molecule has 7 nitrogen and oxygen atoms in total. The molecular formula is C21H20N4O3S. The molecule has 0 spiro atoms. The van der Waals surface area contributed by atoms with Gasteiger partial charge in [0.1, 0.15) is 17.6 Å². The number of aromatic nitrogens is 3. The molecule has 1 unspecified atom stereocenters. The van der Waals surface area contributed by atoms with E-state index >= 15 is 0 Å². The first-order chi connectivity index (χ1) is 14.0. The molecule has 4 aromatic rings. The van der Waals surface area contributed by atoms with E-state index < -0.39 is 10.0 Å². The maximum Gasteiger partial charge on any atom is 0.243 e. The van der Waals surface area contributed by atoms with Crippen LogP contribution in [-0.4, -0.2) is 40.3 Å². The van der Waals surface area contributed by atoms with Crippen molar-refractivity contribution < 1.29 is 12.8 Å². The lowest BCUT2D eigenvalue weighted by Crippen LogP contribution is -2.29. The summed E-state index contributed by atoms with van der Waals surface area (Å²) in [6.07, 6.45) is 5.68. The van der Waals surface area contributed by atoms with Crippen molar-refractivity contribution in [2.75, 3.05) is 13.1 Å². The lowest BCUT2D eigenvalue weighted by Gasteiger charge is -2.18. The smallest absolute Gasteiger partial charge is 0.243 e. The van der Waals surface area contributed by atoms with E-state index in [1.807, 2.05) is 41.8 Å². The predicted octanol–water partition coefficient (Wildman–Crippen LogP) is 3.64. The maximum absolute atomic E-state index is 13.1. The zero-order chi connectivity index (χ0) is 20.0. The Morgan fingerprint density at radius 3 is 2.72 bits per heavy atom. The van der Waals surface area contributed by atoms with Crippen molar-refractivity contribution in [1.29, 1.82) is 0 Å². The molecule has 0 saturated carbocycles. The van der Waals surface area contributed by atoms with E-state index in [1.54, 1.807) is 35.2 Å². The summed E-state index contributed by atoms with van der Waals surface area (Å²) in [4.78, 5) is 9.57. The van der Waals surface area contributed by atoms with E-state index in [1.165, 1.54) is 0 Å². The van der Waals surface area contributed by atoms with E-state index in [-0.39, 0.29) is 6.04 Å². The molecule has 3 aromatic heterocycles. The van der Waals surface area contributed by atoms with E-state index in [0.717, 1.165) is 28.1 Å². The number of pyridine rings is 1. The number of benzene rings is 1. The van der Waals surface area contributed by atoms with Crippen LogP contribution < -0.4 is 0 Å². The SMILES string of the molecule is Cc1ccc(S(=O)(=O)N2CCC(n3c(-c4ccoc4)nc4cccnc43)C2)cc1. The molecule has 0 radical (unpaired) electrons. The minimum absolute atomic E-state index is 0.0555. The largest absolute Gasteiger partial charge is 0.472 e. The van der Waals surface area contributed by atoms with Gasteiger partial charge in [0.05, 0.1) is 22.8 Å². The first-order valence-corrected chi connectivity index (χ1v) is 10.9. The summed E-state index contributed by atoms with van der Waals surface area (Å²) in [5.41, 5.74) is 3.42. The van der Waals surface area contributed by atoms with E-state index in [2.05, 4.69) is 4.98 Å². The molecule has 4 heterocycles. The normalized spacial score (nSPS) is 17.9. The van der Waals surface area contributed by atoms with Gasteiger partial charge in [-0.15, -0.1) is 0 Å². The average Bonchev–Trinajstić information content (AvgIpc) is 3.46. The summed E-state index contributed by atoms with van der Waals surface area (Å²) >= 11 is 0. The van der Waals surface area contributed by atoms with Gasteiger partial charge in [0.15, 0.2) is 5.65 Å². The molecule has 5 rings (SSSR count). The Labute approximate surface area is 168 Å². The molecule has 148 valence electrons. The zero-order valence-electron chi connectivity index (χ0n) is 15.9. The van der Waals surface area contributed by atoms with Gasteiger partial charge in [-0.2, -0.15) is 4.31 Å². The third-order valence-corrected chi connectivity index (χ3v) is 7.26. The molecule has 0 amide bonds. The van der Waals surface area contributed by atoms with Crippen molar-refractivity contribution in [2.24, 2.45) is 0 Å². The topological polar surface area (TPSA) is 81.2 Å². The van der Waals surface area contributed by atoms with Crippen LogP contribution in [0.4, 0.5) is 0 Å². The molecule has 1 aliphatic heterocycles. The Morgan fingerprint density at radius 1 is 1.14 bits per heavy atom. The van der Waals surface area contributed by atoms with Gasteiger partial charge < -0.3 is 8.98 Å². The molecule has 1 fully saturated rings. The van der Waals surface area contributed by atoms with Crippen LogP contribution in [0.1, 0.15) is 18.0 Å². The van der Waals surface area contributed by atoms with Gasteiger partial charge in [0, 0.05) is 19.3 Å². The lowest BCUT2D eigenvalue weighted by molar-refractivity contribution is 0.455. The first-order valence-electron chi connectivity index (χ1n) is 9.46. The summed E-state index contributed by atoms with van der Waals surface area (Å²) < 4.78 is 35.1. The molecule has 1 aromatic carbocycles. The summed E-state index contributed by atoms with van der Waals surface area (Å²) in [7, 11) is -3.54. The zero-order valence-corrected chi connectivity index (χ0v) is 16.7. The Balaban J connectivity index is 1.53. The Kier molecular flexibility index (Phi) is 4.25. The standard InChI is InChI=1S/C21H20N4O3S/c1-15-4-6-18(7-5-15)29(26,27)24-11-8-17(13-24)25-20(16-9-12-28-14-16)23-19-3-2-10-22-21(19)25/h2-7,9-10,12,14,17H,8,11,13H2,1H3. The van der Waals surface area contributed by atoms with Crippen LogP contribution >= 0.6 is 0 Å². The number of sulfonamides is 1. The van der Waals surface area contributed by atoms with Crippen LogP contribution in [-0.2, 0) is 10.0 Å². The van der Waals surface area contributed by atoms with Crippen LogP contribution in [0.2, 0.25) is 0 Å². The predicted molar refractivity (Wildman–Crippen MR) is 109 cm³/mol. The summed E-state index contributed by atoms with van der Waals surface area (Å²) in [5.74, 6) is 0.743. The van der Waals surface area contributed by atoms with Crippen molar-refractivity contribution in [2.45, 2.75) is 24.3 Å². The molecular weight excluding hydrogens is 388 g/mol. The van der Waals surface area contributed by atoms with Gasteiger partial charge in [0.25, 0.3) is 0 Å². The van der Waals surface area contributed by atoms with E-state index in [0.29, 0.717) is 24.4 Å². The highest BCUT2D eigenvalue weighted by atomic mass is 32.2. The number of hydrogen-bond acceptors (Lipinski definition) is 5. The first kappa shape index (κ1) is 18.1. The third kappa shape index (κ3) is 3.04. The minimum Gasteiger partial charge on any atom is -0.472 e. The number of furan rings is 1. The molecule has 29 heavy (non-hydrogen) atoms. The number of fused-ring (bicyclic) bond motifs is 1. The second kappa shape index (κ2) is 6.82. The average molecular weight is 408 g/mol. The fourth-order valence-corrected chi connectivity index (χ4v) is 5.36. The fraction of sp³-hybridized carbons (Fsp3) is 0.238. The van der Waals surface area contributed by atoms with Crippen LogP contribution in [0.15, 0.2) is 70.5 Å². The second-order valence-corrected chi connectivity index (χ2v) is 9.22. The van der Waals surface area contributed by atoms with Crippen molar-refractivity contribution in [3.8, 4) is 11.4 Å². The molecule has 1 saturated heterocycles. The maximum atomic E-state index is 13.1. The molecule has 0 aliphatic carbocycles. The van der Waals surface area contributed by atoms with Gasteiger partial charge in [-0.25, -0.2) is 18.4 Å². The second-order valence-electron chi connectivity index (χ2n) is 7.28. The number of aryl methyl sites for hydroxylation is 1. The fourth-order valence-electron chi connectivity index (χ4n) is 3.87. The van der Waals surface area contributed by atoms with Crippen LogP contribution in [0.5, 0.6) is 0 Å². The molecule has 0 N–H and O–H groups in total. The highest BCUT2D eigenvalue weighted by Gasteiger charge is 2.35. The highest BCUT2D eigenvalue weighted by molar-refractivity contribution is 7.89. The third-order valence-electron chi connectivity index (χ3n) is 5.38. The summed E-state index contributed by atoms with van der Waals surface area (Å²) in [6.45, 7) is 2.78. The van der Waals surface area contributed by atoms with Crippen molar-refractivity contribution in [3.05, 3.63) is 66.8 Å². The van der Waals surface area contributed by atoms with Gasteiger partial charge in [-0.3, -0.25) is 0 Å². The van der Waals surface area contributed by atoms with Gasteiger partial charge in [0.2, 0.25) is 10.0 Å².